The average Bonchev–Trinajstić information content (AvgIpc) is 3.38. The van der Waals surface area contributed by atoms with Crippen LogP contribution in [0.15, 0.2) is 24.4 Å². The Morgan fingerprint density at radius 1 is 1.32 bits per heavy atom. The van der Waals surface area contributed by atoms with Gasteiger partial charge in [0.1, 0.15) is 6.10 Å². The van der Waals surface area contributed by atoms with Crippen LogP contribution < -0.4 is 0 Å². The number of carbonyl (C=O) groups excluding carboxylic acids is 1. The van der Waals surface area contributed by atoms with E-state index in [2.05, 4.69) is 29.9 Å². The van der Waals surface area contributed by atoms with Gasteiger partial charge in [-0.15, -0.1) is 0 Å². The summed E-state index contributed by atoms with van der Waals surface area (Å²) in [6, 6.07) is 6.04. The molecule has 5 heteroatoms. The van der Waals surface area contributed by atoms with Crippen LogP contribution in [0.5, 0.6) is 0 Å². The molecule has 2 saturated heterocycles. The van der Waals surface area contributed by atoms with Crippen molar-refractivity contribution in [2.75, 3.05) is 26.7 Å². The maximum atomic E-state index is 12.7. The summed E-state index contributed by atoms with van der Waals surface area (Å²) in [5, 5.41) is 0. The quantitative estimate of drug-likeness (QED) is 0.577. The van der Waals surface area contributed by atoms with Gasteiger partial charge in [-0.05, 0) is 62.6 Å². The van der Waals surface area contributed by atoms with Crippen LogP contribution in [0.2, 0.25) is 0 Å². The second kappa shape index (κ2) is 6.81. The zero-order valence-corrected chi connectivity index (χ0v) is 17.1. The van der Waals surface area contributed by atoms with Crippen molar-refractivity contribution >= 4 is 5.97 Å². The lowest BCUT2D eigenvalue weighted by Gasteiger charge is -2.51. The Hall–Kier alpha value is -1.46. The van der Waals surface area contributed by atoms with E-state index in [1.54, 1.807) is 0 Å². The van der Waals surface area contributed by atoms with Crippen molar-refractivity contribution in [3.8, 4) is 0 Å². The first-order valence-electron chi connectivity index (χ1n) is 10.9. The minimum Gasteiger partial charge on any atom is -0.462 e. The largest absolute Gasteiger partial charge is 0.462 e. The molecule has 0 aromatic carbocycles. The lowest BCUT2D eigenvalue weighted by molar-refractivity contribution is -0.147. The van der Waals surface area contributed by atoms with Gasteiger partial charge in [0.2, 0.25) is 0 Å². The molecule has 4 aliphatic rings. The van der Waals surface area contributed by atoms with Crippen molar-refractivity contribution in [2.45, 2.75) is 57.2 Å². The number of aromatic nitrogens is 1. The van der Waals surface area contributed by atoms with E-state index in [-0.39, 0.29) is 29.0 Å². The third-order valence-corrected chi connectivity index (χ3v) is 8.06. The van der Waals surface area contributed by atoms with Crippen molar-refractivity contribution in [1.29, 1.82) is 0 Å². The molecule has 5 rings (SSSR count). The summed E-state index contributed by atoms with van der Waals surface area (Å²) in [4.78, 5) is 19.4. The molecule has 6 atom stereocenters. The first-order chi connectivity index (χ1) is 13.5. The minimum absolute atomic E-state index is 0.000934. The third-order valence-electron chi connectivity index (χ3n) is 8.06. The fourth-order valence-electron chi connectivity index (χ4n) is 6.44. The van der Waals surface area contributed by atoms with Crippen LogP contribution in [0.3, 0.4) is 0 Å². The van der Waals surface area contributed by atoms with E-state index in [1.807, 2.05) is 18.3 Å². The van der Waals surface area contributed by atoms with Crippen molar-refractivity contribution in [1.82, 2.24) is 9.88 Å². The number of epoxide rings is 1. The van der Waals surface area contributed by atoms with E-state index in [1.165, 1.54) is 19.3 Å². The smallest absolute Gasteiger partial charge is 0.310 e. The second-order valence-corrected chi connectivity index (χ2v) is 9.93. The molecule has 1 aromatic heterocycles. The molecular formula is C23H32N2O3. The number of esters is 1. The molecule has 4 fully saturated rings. The predicted octanol–water partition coefficient (Wildman–Crippen LogP) is 3.08. The molecule has 0 amide bonds. The summed E-state index contributed by atoms with van der Waals surface area (Å²) < 4.78 is 11.9. The number of hydrogen-bond donors (Lipinski definition) is 0. The highest BCUT2D eigenvalue weighted by molar-refractivity contribution is 5.75. The molecule has 2 saturated carbocycles. The van der Waals surface area contributed by atoms with Crippen molar-refractivity contribution in [3.63, 3.8) is 0 Å². The SMILES string of the molecule is CN(CCc1ccccn1)C[C@H]1C(=O)O[C@@H]2C[C@@]3(C)CCC[C@]4(CO4)[C@H]3C[C@H]21. The lowest BCUT2D eigenvalue weighted by Crippen LogP contribution is -2.51. The Bertz CT molecular complexity index is 735. The monoisotopic (exact) mass is 384 g/mol. The maximum absolute atomic E-state index is 12.7. The molecule has 0 bridgehead atoms. The Balaban J connectivity index is 1.25. The van der Waals surface area contributed by atoms with Gasteiger partial charge in [-0.2, -0.15) is 0 Å². The highest BCUT2D eigenvalue weighted by Gasteiger charge is 2.65. The molecule has 3 heterocycles. The third kappa shape index (κ3) is 3.17. The molecular weight excluding hydrogens is 352 g/mol. The van der Waals surface area contributed by atoms with E-state index >= 15 is 0 Å². The summed E-state index contributed by atoms with van der Waals surface area (Å²) >= 11 is 0. The van der Waals surface area contributed by atoms with Gasteiger partial charge < -0.3 is 14.4 Å². The number of hydrogen-bond acceptors (Lipinski definition) is 5. The number of nitrogens with zero attached hydrogens (tertiary/aromatic N) is 2. The molecule has 5 nitrogen and oxygen atoms in total. The first kappa shape index (κ1) is 18.6. The van der Waals surface area contributed by atoms with Crippen LogP contribution in [0.1, 0.15) is 44.7 Å². The Kier molecular flexibility index (Phi) is 4.51. The van der Waals surface area contributed by atoms with Crippen LogP contribution in [-0.4, -0.2) is 54.3 Å². The van der Waals surface area contributed by atoms with Crippen molar-refractivity contribution < 1.29 is 14.3 Å². The standard InChI is InChI=1S/C23H32N2O3/c1-22-8-5-9-23(15-27-23)20(22)12-17-18(21(26)28-19(17)13-22)14-25(2)11-7-16-6-3-4-10-24-16/h3-4,6,10,17-20H,5,7-9,11-15H2,1-2H3/t17-,18+,19+,20-,22+,23-/m0/s1. The molecule has 28 heavy (non-hydrogen) atoms. The molecule has 152 valence electrons. The van der Waals surface area contributed by atoms with E-state index in [0.29, 0.717) is 11.8 Å². The average molecular weight is 385 g/mol. The summed E-state index contributed by atoms with van der Waals surface area (Å²) in [5.74, 6) is 0.960. The van der Waals surface area contributed by atoms with Crippen LogP contribution in [0, 0.1) is 23.2 Å². The zero-order valence-electron chi connectivity index (χ0n) is 17.1. The zero-order chi connectivity index (χ0) is 19.4. The van der Waals surface area contributed by atoms with E-state index in [4.69, 9.17) is 9.47 Å². The van der Waals surface area contributed by atoms with Crippen LogP contribution in [-0.2, 0) is 20.7 Å². The molecule has 0 N–H and O–H groups in total. The molecule has 2 aliphatic carbocycles. The van der Waals surface area contributed by atoms with Gasteiger partial charge in [-0.3, -0.25) is 9.78 Å². The number of pyridine rings is 1. The Morgan fingerprint density at radius 2 is 2.18 bits per heavy atom. The fraction of sp³-hybridized carbons (Fsp3) is 0.739. The minimum atomic E-state index is 0.000934. The van der Waals surface area contributed by atoms with Crippen LogP contribution >= 0.6 is 0 Å². The number of ether oxygens (including phenoxy) is 2. The van der Waals surface area contributed by atoms with Gasteiger partial charge in [0, 0.05) is 37.3 Å². The van der Waals surface area contributed by atoms with Gasteiger partial charge in [0.05, 0.1) is 18.1 Å². The van der Waals surface area contributed by atoms with Crippen molar-refractivity contribution in [3.05, 3.63) is 30.1 Å². The molecule has 1 spiro atoms. The van der Waals surface area contributed by atoms with Crippen molar-refractivity contribution in [2.24, 2.45) is 23.2 Å². The molecule has 0 unspecified atom stereocenters. The number of fused-ring (bicyclic) bond motifs is 3. The normalized spacial score (nSPS) is 41.6. The summed E-state index contributed by atoms with van der Waals surface area (Å²) in [6.07, 6.45) is 8.67. The predicted molar refractivity (Wildman–Crippen MR) is 106 cm³/mol. The topological polar surface area (TPSA) is 55.0 Å². The van der Waals surface area contributed by atoms with Crippen LogP contribution in [0.4, 0.5) is 0 Å². The summed E-state index contributed by atoms with van der Waals surface area (Å²) in [5.41, 5.74) is 1.50. The highest BCUT2D eigenvalue weighted by atomic mass is 16.6. The van der Waals surface area contributed by atoms with E-state index in [0.717, 1.165) is 44.7 Å². The second-order valence-electron chi connectivity index (χ2n) is 9.93. The van der Waals surface area contributed by atoms with Gasteiger partial charge in [-0.25, -0.2) is 0 Å². The first-order valence-corrected chi connectivity index (χ1v) is 10.9. The number of rotatable bonds is 5. The van der Waals surface area contributed by atoms with Gasteiger partial charge in [0.15, 0.2) is 0 Å². The maximum Gasteiger partial charge on any atom is 0.310 e. The van der Waals surface area contributed by atoms with Gasteiger partial charge in [-0.1, -0.05) is 13.0 Å². The molecule has 2 aliphatic heterocycles. The number of carbonyl (C=O) groups is 1. The highest BCUT2D eigenvalue weighted by Crippen LogP contribution is 2.62. The Labute approximate surface area is 167 Å². The molecule has 1 aromatic rings. The fourth-order valence-corrected chi connectivity index (χ4v) is 6.44. The summed E-state index contributed by atoms with van der Waals surface area (Å²) in [7, 11) is 2.11. The number of likely N-dealkylation sites (N-methyl/N-ethyl adjacent to an activating group) is 1. The van der Waals surface area contributed by atoms with E-state index in [9.17, 15) is 4.79 Å². The van der Waals surface area contributed by atoms with Crippen LogP contribution in [0.25, 0.3) is 0 Å². The molecule has 0 radical (unpaired) electrons. The van der Waals surface area contributed by atoms with E-state index < -0.39 is 0 Å². The lowest BCUT2D eigenvalue weighted by atomic mass is 9.53. The Morgan fingerprint density at radius 3 is 2.93 bits per heavy atom. The van der Waals surface area contributed by atoms with Gasteiger partial charge >= 0.3 is 5.97 Å². The summed E-state index contributed by atoms with van der Waals surface area (Å²) in [6.45, 7) is 5.03. The van der Waals surface area contributed by atoms with Gasteiger partial charge in [0.25, 0.3) is 0 Å².